The van der Waals surface area contributed by atoms with E-state index in [1.807, 2.05) is 34.6 Å². The molecule has 8 heteroatoms. The van der Waals surface area contributed by atoms with E-state index in [1.165, 1.54) is 0 Å². The summed E-state index contributed by atoms with van der Waals surface area (Å²) in [4.78, 5) is 40.4. The van der Waals surface area contributed by atoms with Gasteiger partial charge in [0.15, 0.2) is 22.8 Å². The second-order valence-electron chi connectivity index (χ2n) is 15.4. The second-order valence-corrected chi connectivity index (χ2v) is 15.4. The summed E-state index contributed by atoms with van der Waals surface area (Å²) in [6.45, 7) is 18.4. The van der Waals surface area contributed by atoms with Gasteiger partial charge in [0.1, 0.15) is 34.2 Å². The molecule has 1 saturated heterocycles. The Balaban J connectivity index is 1.51. The number of benzene rings is 1. The molecule has 46 heavy (non-hydrogen) atoms. The van der Waals surface area contributed by atoms with Gasteiger partial charge in [0.2, 0.25) is 0 Å². The van der Waals surface area contributed by atoms with Crippen LogP contribution in [0.5, 0.6) is 17.2 Å². The number of fused-ring (bicyclic) bond motifs is 5. The van der Waals surface area contributed by atoms with Gasteiger partial charge in [-0.15, -0.1) is 0 Å². The van der Waals surface area contributed by atoms with Crippen molar-refractivity contribution in [1.29, 1.82) is 0 Å². The molecule has 1 spiro atoms. The first kappa shape index (κ1) is 31.0. The van der Waals surface area contributed by atoms with Gasteiger partial charge in [0.25, 0.3) is 6.47 Å². The number of ether oxygens (including phenoxy) is 4. The Morgan fingerprint density at radius 2 is 1.85 bits per heavy atom. The van der Waals surface area contributed by atoms with E-state index in [0.717, 1.165) is 24.0 Å². The van der Waals surface area contributed by atoms with Crippen LogP contribution in [-0.4, -0.2) is 45.5 Å². The summed E-state index contributed by atoms with van der Waals surface area (Å²) in [5, 5.41) is 12.2. The lowest BCUT2D eigenvalue weighted by Gasteiger charge is -2.56. The topological polar surface area (TPSA) is 108 Å². The third-order valence-electron chi connectivity index (χ3n) is 11.7. The maximum Gasteiger partial charge on any atom is 0.298 e. The lowest BCUT2D eigenvalue weighted by atomic mass is 9.51. The average molecular weight is 629 g/mol. The smallest absolute Gasteiger partial charge is 0.298 e. The van der Waals surface area contributed by atoms with Crippen molar-refractivity contribution in [2.24, 2.45) is 17.8 Å². The van der Waals surface area contributed by atoms with Gasteiger partial charge in [-0.2, -0.15) is 0 Å². The van der Waals surface area contributed by atoms with E-state index in [-0.39, 0.29) is 52.8 Å². The highest BCUT2D eigenvalue weighted by Gasteiger charge is 2.81. The molecule has 3 unspecified atom stereocenters. The molecule has 7 aliphatic rings. The van der Waals surface area contributed by atoms with Crippen LogP contribution in [0.4, 0.5) is 0 Å². The maximum atomic E-state index is 15.0. The van der Waals surface area contributed by atoms with Gasteiger partial charge >= 0.3 is 0 Å². The van der Waals surface area contributed by atoms with Crippen molar-refractivity contribution in [1.82, 2.24) is 0 Å². The lowest BCUT2D eigenvalue weighted by molar-refractivity contribution is -0.171. The monoisotopic (exact) mass is 628 g/mol. The molecule has 0 amide bonds. The zero-order chi connectivity index (χ0) is 33.1. The molecule has 2 saturated carbocycles. The maximum absolute atomic E-state index is 15.0. The highest BCUT2D eigenvalue weighted by Crippen LogP contribution is 2.69. The predicted octanol–water partition coefficient (Wildman–Crippen LogP) is 6.99. The number of ketones is 2. The summed E-state index contributed by atoms with van der Waals surface area (Å²) in [5.74, 6) is -0.231. The number of hydrogen-bond donors (Lipinski definition) is 1. The van der Waals surface area contributed by atoms with Crippen LogP contribution in [0.2, 0.25) is 0 Å². The lowest BCUT2D eigenvalue weighted by Crippen LogP contribution is -2.72. The van der Waals surface area contributed by atoms with Crippen molar-refractivity contribution in [2.75, 3.05) is 0 Å². The van der Waals surface area contributed by atoms with Crippen molar-refractivity contribution >= 4 is 18.0 Å². The summed E-state index contributed by atoms with van der Waals surface area (Å²) < 4.78 is 26.0. The van der Waals surface area contributed by atoms with Gasteiger partial charge in [-0.25, -0.2) is 0 Å². The Morgan fingerprint density at radius 3 is 2.52 bits per heavy atom. The first-order valence-corrected chi connectivity index (χ1v) is 16.5. The van der Waals surface area contributed by atoms with Crippen molar-refractivity contribution in [2.45, 2.75) is 115 Å². The number of phenolic OH excluding ortho intramolecular Hbond substituents is 1. The molecular weight excluding hydrogens is 584 g/mol. The minimum Gasteiger partial charge on any atom is -0.507 e. The molecule has 8 rings (SSSR count). The summed E-state index contributed by atoms with van der Waals surface area (Å²) in [5.41, 5.74) is -0.259. The fraction of sp³-hybridized carbons (Fsp3) is 0.553. The number of hydrogen-bond acceptors (Lipinski definition) is 8. The van der Waals surface area contributed by atoms with E-state index in [9.17, 15) is 19.5 Å². The van der Waals surface area contributed by atoms with E-state index in [0.29, 0.717) is 53.9 Å². The van der Waals surface area contributed by atoms with E-state index < -0.39 is 28.3 Å². The summed E-state index contributed by atoms with van der Waals surface area (Å²) >= 11 is 0. The average Bonchev–Trinajstić information content (AvgIpc) is 3.12. The molecule has 1 aromatic carbocycles. The Hall–Kier alpha value is -3.65. The molecule has 7 atom stereocenters. The molecule has 0 radical (unpaired) electrons. The van der Waals surface area contributed by atoms with Crippen LogP contribution in [0.25, 0.3) is 0 Å². The van der Waals surface area contributed by atoms with E-state index in [4.69, 9.17) is 18.9 Å². The Morgan fingerprint density at radius 1 is 1.11 bits per heavy atom. The van der Waals surface area contributed by atoms with Crippen molar-refractivity contribution in [3.05, 3.63) is 64.0 Å². The van der Waals surface area contributed by atoms with Crippen LogP contribution in [0.15, 0.2) is 47.3 Å². The molecule has 0 aromatic heterocycles. The summed E-state index contributed by atoms with van der Waals surface area (Å²) in [7, 11) is 0. The second kappa shape index (κ2) is 9.93. The van der Waals surface area contributed by atoms with Crippen LogP contribution in [0, 0.1) is 17.8 Å². The van der Waals surface area contributed by atoms with Gasteiger partial charge < -0.3 is 24.1 Å². The Labute approximate surface area is 270 Å². The van der Waals surface area contributed by atoms with Crippen LogP contribution in [0.1, 0.15) is 108 Å². The van der Waals surface area contributed by atoms with Gasteiger partial charge in [0.05, 0.1) is 5.60 Å². The van der Waals surface area contributed by atoms with E-state index >= 15 is 0 Å². The van der Waals surface area contributed by atoms with Crippen LogP contribution in [0.3, 0.4) is 0 Å². The van der Waals surface area contributed by atoms with E-state index in [1.54, 1.807) is 19.1 Å². The largest absolute Gasteiger partial charge is 0.507 e. The van der Waals surface area contributed by atoms with Gasteiger partial charge in [-0.1, -0.05) is 29.9 Å². The summed E-state index contributed by atoms with van der Waals surface area (Å²) in [6, 6.07) is 0. The quantitative estimate of drug-likeness (QED) is 0.196. The zero-order valence-electron chi connectivity index (χ0n) is 27.9. The molecule has 4 aliphatic carbocycles. The molecule has 3 aliphatic heterocycles. The molecular formula is C38H44O8. The molecule has 6 bridgehead atoms. The van der Waals surface area contributed by atoms with Gasteiger partial charge in [-0.3, -0.25) is 14.4 Å². The number of Topliss-reactive ketones (excluding diaryl/α,β-unsaturated/α-hetero) is 2. The third-order valence-corrected chi connectivity index (χ3v) is 11.7. The van der Waals surface area contributed by atoms with Crippen LogP contribution >= 0.6 is 0 Å². The fourth-order valence-corrected chi connectivity index (χ4v) is 9.68. The minimum absolute atomic E-state index is 0.0546. The van der Waals surface area contributed by atoms with Crippen LogP contribution in [-0.2, 0) is 25.5 Å². The normalized spacial score (nSPS) is 36.0. The Kier molecular flexibility index (Phi) is 6.68. The molecule has 3 fully saturated rings. The standard InChI is InChI=1S/C38H44O8/c1-19(2)9-10-24-32-28(25-17-36(8,44-32)13-12-23(25)20(3)4)31(41)29-30(40)26-15-22-16-27-35(6,7)46-37(34(22)42,14-11-21(5)43-18-39)38(26,27)45-33(24)29/h9,11,15,18,22-23,25,27,41H,3,10,12-14,16-17H2,1-2,4-8H3/b21-11-/t22?,23?,25-,27?,36-,37+,38-/m1/s1. The fourth-order valence-electron chi connectivity index (χ4n) is 9.68. The van der Waals surface area contributed by atoms with Crippen molar-refractivity contribution < 1.29 is 38.4 Å². The number of carbonyl (C=O) groups is 3. The summed E-state index contributed by atoms with van der Waals surface area (Å²) in [6.07, 6.45) is 8.89. The molecule has 244 valence electrons. The van der Waals surface area contributed by atoms with Gasteiger partial charge in [-0.05, 0) is 92.6 Å². The number of allylic oxidation sites excluding steroid dienone is 5. The SMILES string of the molecule is C=C(C)C1CC[C@]2(C)C[C@H]1c1c(O)c3c(c(CC=C(C)C)c1O2)O[C@]12C(=CC4CC1C(C)(C)O[C@@]2(C/C=C(/C)OC=O)C4=O)C3=O. The molecule has 1 N–H and O–H groups in total. The van der Waals surface area contributed by atoms with E-state index in [2.05, 4.69) is 19.6 Å². The first-order chi connectivity index (χ1) is 21.6. The minimum atomic E-state index is -1.54. The highest BCUT2D eigenvalue weighted by atomic mass is 16.6. The molecule has 8 nitrogen and oxygen atoms in total. The van der Waals surface area contributed by atoms with Crippen molar-refractivity contribution in [3.8, 4) is 17.2 Å². The molecule has 1 aromatic rings. The highest BCUT2D eigenvalue weighted by molar-refractivity contribution is 6.18. The first-order valence-electron chi connectivity index (χ1n) is 16.5. The molecule has 3 heterocycles. The van der Waals surface area contributed by atoms with Gasteiger partial charge in [0, 0.05) is 40.9 Å². The zero-order valence-corrected chi connectivity index (χ0v) is 27.9. The predicted molar refractivity (Wildman–Crippen MR) is 171 cm³/mol. The number of aromatic hydroxyl groups is 1. The third kappa shape index (κ3) is 3.91. The number of rotatable bonds is 7. The Bertz CT molecular complexity index is 1700. The van der Waals surface area contributed by atoms with Crippen LogP contribution < -0.4 is 9.47 Å². The number of phenols is 1. The number of carbonyl (C=O) groups excluding carboxylic acids is 3. The van der Waals surface area contributed by atoms with Crippen molar-refractivity contribution in [3.63, 3.8) is 0 Å².